The molecule has 1 aliphatic heterocycles. The van der Waals surface area contributed by atoms with E-state index in [1.54, 1.807) is 0 Å². The zero-order chi connectivity index (χ0) is 9.80. The van der Waals surface area contributed by atoms with E-state index in [1.807, 2.05) is 12.3 Å². The summed E-state index contributed by atoms with van der Waals surface area (Å²) in [5, 5.41) is 3.36. The van der Waals surface area contributed by atoms with Gasteiger partial charge in [-0.2, -0.15) is 0 Å². The number of pyridine rings is 1. The number of aromatic nitrogens is 1. The zero-order valence-corrected chi connectivity index (χ0v) is 8.49. The summed E-state index contributed by atoms with van der Waals surface area (Å²) in [6.45, 7) is 4.84. The average molecular weight is 192 g/mol. The predicted molar refractivity (Wildman–Crippen MR) is 56.4 cm³/mol. The fraction of sp³-hybridized carbons (Fsp3) is 0.545. The predicted octanol–water partition coefficient (Wildman–Crippen LogP) is 1.84. The highest BCUT2D eigenvalue weighted by Gasteiger charge is 2.15. The van der Waals surface area contributed by atoms with E-state index in [2.05, 4.69) is 23.3 Å². The van der Waals surface area contributed by atoms with Crippen LogP contribution in [-0.4, -0.2) is 24.7 Å². The van der Waals surface area contributed by atoms with Crippen molar-refractivity contribution in [3.05, 3.63) is 23.9 Å². The van der Waals surface area contributed by atoms with Crippen molar-refractivity contribution in [1.82, 2.24) is 4.98 Å². The fourth-order valence-corrected chi connectivity index (χ4v) is 1.66. The van der Waals surface area contributed by atoms with Gasteiger partial charge in [-0.15, -0.1) is 0 Å². The third-order valence-electron chi connectivity index (χ3n) is 2.59. The molecule has 0 bridgehead atoms. The number of nitrogens with one attached hydrogen (secondary N) is 1. The van der Waals surface area contributed by atoms with Crippen LogP contribution in [0, 0.1) is 12.8 Å². The van der Waals surface area contributed by atoms with E-state index in [4.69, 9.17) is 4.74 Å². The number of ether oxygens (including phenoxy) is 1. The Morgan fingerprint density at radius 2 is 2.57 bits per heavy atom. The zero-order valence-electron chi connectivity index (χ0n) is 8.49. The highest BCUT2D eigenvalue weighted by Crippen LogP contribution is 2.14. The van der Waals surface area contributed by atoms with E-state index in [-0.39, 0.29) is 0 Å². The number of rotatable bonds is 3. The number of anilines is 1. The summed E-state index contributed by atoms with van der Waals surface area (Å²) >= 11 is 0. The minimum absolute atomic E-state index is 0.649. The Labute approximate surface area is 84.5 Å². The maximum Gasteiger partial charge on any atom is 0.128 e. The Morgan fingerprint density at radius 3 is 3.29 bits per heavy atom. The summed E-state index contributed by atoms with van der Waals surface area (Å²) in [5.41, 5.74) is 1.20. The largest absolute Gasteiger partial charge is 0.381 e. The summed E-state index contributed by atoms with van der Waals surface area (Å²) < 4.78 is 5.32. The van der Waals surface area contributed by atoms with Crippen molar-refractivity contribution in [2.45, 2.75) is 13.3 Å². The minimum atomic E-state index is 0.649. The molecule has 1 N–H and O–H groups in total. The molecule has 1 aliphatic rings. The van der Waals surface area contributed by atoms with E-state index in [0.29, 0.717) is 5.92 Å². The van der Waals surface area contributed by atoms with Crippen LogP contribution in [0.1, 0.15) is 12.0 Å². The molecule has 76 valence electrons. The molecular formula is C11H16N2O. The van der Waals surface area contributed by atoms with Gasteiger partial charge in [0, 0.05) is 25.3 Å². The first kappa shape index (κ1) is 9.46. The van der Waals surface area contributed by atoms with Crippen LogP contribution in [0.5, 0.6) is 0 Å². The Kier molecular flexibility index (Phi) is 2.99. The van der Waals surface area contributed by atoms with Crippen molar-refractivity contribution in [3.8, 4) is 0 Å². The number of nitrogens with zero attached hydrogens (tertiary/aromatic N) is 1. The molecule has 1 unspecified atom stereocenters. The van der Waals surface area contributed by atoms with Gasteiger partial charge >= 0.3 is 0 Å². The summed E-state index contributed by atoms with van der Waals surface area (Å²) in [5.74, 6) is 1.65. The average Bonchev–Trinajstić information content (AvgIpc) is 2.69. The van der Waals surface area contributed by atoms with Crippen LogP contribution in [0.4, 0.5) is 5.82 Å². The first-order valence-electron chi connectivity index (χ1n) is 5.09. The van der Waals surface area contributed by atoms with E-state index < -0.39 is 0 Å². The van der Waals surface area contributed by atoms with Gasteiger partial charge in [0.25, 0.3) is 0 Å². The molecule has 1 atom stereocenters. The molecule has 1 fully saturated rings. The first-order chi connectivity index (χ1) is 6.86. The summed E-state index contributed by atoms with van der Waals surface area (Å²) in [6.07, 6.45) is 2.99. The molecule has 14 heavy (non-hydrogen) atoms. The molecule has 3 heteroatoms. The van der Waals surface area contributed by atoms with Gasteiger partial charge in [0.2, 0.25) is 0 Å². The quantitative estimate of drug-likeness (QED) is 0.793. The van der Waals surface area contributed by atoms with Crippen LogP contribution < -0.4 is 5.32 Å². The number of hydrogen-bond donors (Lipinski definition) is 1. The molecule has 0 amide bonds. The first-order valence-corrected chi connectivity index (χ1v) is 5.09. The molecule has 0 radical (unpaired) electrons. The van der Waals surface area contributed by atoms with Crippen molar-refractivity contribution in [2.75, 3.05) is 25.1 Å². The highest BCUT2D eigenvalue weighted by molar-refractivity contribution is 5.42. The van der Waals surface area contributed by atoms with E-state index >= 15 is 0 Å². The van der Waals surface area contributed by atoms with Crippen LogP contribution in [0.25, 0.3) is 0 Å². The SMILES string of the molecule is Cc1cccnc1NCC1CCOC1. The van der Waals surface area contributed by atoms with Crippen LogP contribution in [0.2, 0.25) is 0 Å². The smallest absolute Gasteiger partial charge is 0.128 e. The van der Waals surface area contributed by atoms with Crippen molar-refractivity contribution in [3.63, 3.8) is 0 Å². The molecule has 0 saturated carbocycles. The van der Waals surface area contributed by atoms with Crippen molar-refractivity contribution in [2.24, 2.45) is 5.92 Å². The normalized spacial score (nSPS) is 21.1. The lowest BCUT2D eigenvalue weighted by Gasteiger charge is -2.11. The van der Waals surface area contributed by atoms with Crippen LogP contribution in [0.3, 0.4) is 0 Å². The van der Waals surface area contributed by atoms with E-state index in [9.17, 15) is 0 Å². The maximum atomic E-state index is 5.32. The minimum Gasteiger partial charge on any atom is -0.381 e. The Bertz CT molecular complexity index is 295. The topological polar surface area (TPSA) is 34.2 Å². The van der Waals surface area contributed by atoms with Crippen LogP contribution in [0.15, 0.2) is 18.3 Å². The fourth-order valence-electron chi connectivity index (χ4n) is 1.66. The standard InChI is InChI=1S/C11H16N2O/c1-9-3-2-5-12-11(9)13-7-10-4-6-14-8-10/h2-3,5,10H,4,6-8H2,1H3,(H,12,13). The van der Waals surface area contributed by atoms with Gasteiger partial charge < -0.3 is 10.1 Å². The lowest BCUT2D eigenvalue weighted by Crippen LogP contribution is -2.15. The van der Waals surface area contributed by atoms with E-state index in [0.717, 1.165) is 25.6 Å². The monoisotopic (exact) mass is 192 g/mol. The molecular weight excluding hydrogens is 176 g/mol. The second kappa shape index (κ2) is 4.42. The van der Waals surface area contributed by atoms with Crippen molar-refractivity contribution >= 4 is 5.82 Å². The number of aryl methyl sites for hydroxylation is 1. The third kappa shape index (κ3) is 2.23. The molecule has 1 aromatic rings. The summed E-state index contributed by atoms with van der Waals surface area (Å²) in [6, 6.07) is 4.03. The van der Waals surface area contributed by atoms with Gasteiger partial charge in [0.15, 0.2) is 0 Å². The number of hydrogen-bond acceptors (Lipinski definition) is 3. The van der Waals surface area contributed by atoms with Gasteiger partial charge in [0.1, 0.15) is 5.82 Å². The van der Waals surface area contributed by atoms with Gasteiger partial charge in [-0.1, -0.05) is 6.07 Å². The Hall–Kier alpha value is -1.09. The van der Waals surface area contributed by atoms with Crippen molar-refractivity contribution < 1.29 is 4.74 Å². The summed E-state index contributed by atoms with van der Waals surface area (Å²) in [7, 11) is 0. The highest BCUT2D eigenvalue weighted by atomic mass is 16.5. The lowest BCUT2D eigenvalue weighted by molar-refractivity contribution is 0.187. The van der Waals surface area contributed by atoms with Gasteiger partial charge in [-0.05, 0) is 25.0 Å². The molecule has 2 rings (SSSR count). The molecule has 1 aromatic heterocycles. The molecule has 0 spiro atoms. The molecule has 2 heterocycles. The van der Waals surface area contributed by atoms with Gasteiger partial charge in [0.05, 0.1) is 6.61 Å². The van der Waals surface area contributed by atoms with E-state index in [1.165, 1.54) is 12.0 Å². The molecule has 3 nitrogen and oxygen atoms in total. The van der Waals surface area contributed by atoms with Gasteiger partial charge in [-0.3, -0.25) is 0 Å². The lowest BCUT2D eigenvalue weighted by atomic mass is 10.1. The van der Waals surface area contributed by atoms with Crippen LogP contribution >= 0.6 is 0 Å². The Morgan fingerprint density at radius 1 is 1.64 bits per heavy atom. The Balaban J connectivity index is 1.88. The molecule has 1 saturated heterocycles. The third-order valence-corrected chi connectivity index (χ3v) is 2.59. The second-order valence-corrected chi connectivity index (χ2v) is 3.78. The molecule has 0 aliphatic carbocycles. The molecule has 0 aromatic carbocycles. The van der Waals surface area contributed by atoms with Crippen molar-refractivity contribution in [1.29, 1.82) is 0 Å². The van der Waals surface area contributed by atoms with Crippen LogP contribution in [-0.2, 0) is 4.74 Å². The summed E-state index contributed by atoms with van der Waals surface area (Å²) in [4.78, 5) is 4.29. The second-order valence-electron chi connectivity index (χ2n) is 3.78. The van der Waals surface area contributed by atoms with Gasteiger partial charge in [-0.25, -0.2) is 4.98 Å². The maximum absolute atomic E-state index is 5.32.